The second-order valence-corrected chi connectivity index (χ2v) is 3.31. The van der Waals surface area contributed by atoms with Crippen LogP contribution in [0.15, 0.2) is 17.1 Å². The van der Waals surface area contributed by atoms with E-state index in [1.54, 1.807) is 12.1 Å². The molecule has 7 heteroatoms. The van der Waals surface area contributed by atoms with Crippen molar-refractivity contribution < 1.29 is 0 Å². The normalized spacial score (nSPS) is 10.3. The van der Waals surface area contributed by atoms with E-state index in [0.717, 1.165) is 19.1 Å². The molecule has 0 aliphatic rings. The molecule has 88 valence electrons. The topological polar surface area (TPSA) is 122 Å². The number of allylic oxidation sites excluding steroid dienone is 2. The van der Waals surface area contributed by atoms with Gasteiger partial charge in [-0.1, -0.05) is 12.4 Å². The Bertz CT molecular complexity index is 362. The molecule has 4 N–H and O–H groups in total. The van der Waals surface area contributed by atoms with E-state index in [1.807, 2.05) is 6.08 Å². The molecule has 0 amide bonds. The van der Waals surface area contributed by atoms with Gasteiger partial charge in [0.1, 0.15) is 6.07 Å². The van der Waals surface area contributed by atoms with E-state index in [-0.39, 0.29) is 12.5 Å². The van der Waals surface area contributed by atoms with E-state index in [1.165, 1.54) is 6.21 Å². The zero-order valence-electron chi connectivity index (χ0n) is 9.56. The van der Waals surface area contributed by atoms with Crippen LogP contribution in [0.25, 0.3) is 0 Å². The van der Waals surface area contributed by atoms with Gasteiger partial charge < -0.3 is 0 Å². The molecule has 0 unspecified atom stereocenters. The molecule has 0 aromatic rings. The molecule has 0 aliphatic heterocycles. The predicted molar refractivity (Wildman–Crippen MR) is 68.8 cm³/mol. The maximum atomic E-state index is 8.83. The van der Waals surface area contributed by atoms with Gasteiger partial charge in [0.2, 0.25) is 5.84 Å². The minimum atomic E-state index is -0.321. The highest BCUT2D eigenvalue weighted by Gasteiger charge is 2.10. The largest absolute Gasteiger partial charge is 0.273 e. The lowest BCUT2D eigenvalue weighted by molar-refractivity contribution is 0.774. The molecule has 17 heavy (non-hydrogen) atoms. The summed E-state index contributed by atoms with van der Waals surface area (Å²) in [6.07, 6.45) is 7.17. The molecule has 0 saturated heterocycles. The lowest BCUT2D eigenvalue weighted by Crippen LogP contribution is -2.26. The number of hydrogen-bond acceptors (Lipinski definition) is 5. The molecular weight excluding hydrogens is 215 g/mol. The van der Waals surface area contributed by atoms with Crippen LogP contribution in [0.5, 0.6) is 0 Å². The number of hydrogen-bond donors (Lipinski definition) is 3. The van der Waals surface area contributed by atoms with E-state index in [0.29, 0.717) is 6.54 Å². The first-order chi connectivity index (χ1) is 8.24. The zero-order chi connectivity index (χ0) is 12.9. The van der Waals surface area contributed by atoms with Crippen molar-refractivity contribution in [3.8, 4) is 12.0 Å². The summed E-state index contributed by atoms with van der Waals surface area (Å²) in [5.41, 5.74) is 2.52. The summed E-state index contributed by atoms with van der Waals surface area (Å²) < 4.78 is 0. The third-order valence-electron chi connectivity index (χ3n) is 2.03. The number of amidine groups is 1. The van der Waals surface area contributed by atoms with Gasteiger partial charge in [0.25, 0.3) is 6.71 Å². The van der Waals surface area contributed by atoms with E-state index in [4.69, 9.17) is 21.8 Å². The van der Waals surface area contributed by atoms with Crippen LogP contribution in [0.3, 0.4) is 0 Å². The van der Waals surface area contributed by atoms with Gasteiger partial charge >= 0.3 is 0 Å². The number of aliphatic imine (C=N–C) groups is 1. The highest BCUT2D eigenvalue weighted by Crippen LogP contribution is 2.02. The van der Waals surface area contributed by atoms with Crippen molar-refractivity contribution >= 4 is 18.8 Å². The first-order valence-corrected chi connectivity index (χ1v) is 5.25. The quantitative estimate of drug-likeness (QED) is 0.194. The highest BCUT2D eigenvalue weighted by atomic mass is 15.2. The summed E-state index contributed by atoms with van der Waals surface area (Å²) in [7, 11) is 0. The second kappa shape index (κ2) is 10.6. The van der Waals surface area contributed by atoms with Gasteiger partial charge in [-0.2, -0.15) is 5.26 Å². The average Bonchev–Trinajstić information content (AvgIpc) is 2.36. The van der Waals surface area contributed by atoms with Crippen molar-refractivity contribution in [1.29, 1.82) is 15.9 Å². The van der Waals surface area contributed by atoms with Crippen LogP contribution in [-0.2, 0) is 0 Å². The number of nitriles is 2. The Kier molecular flexibility index (Phi) is 9.34. The van der Waals surface area contributed by atoms with Gasteiger partial charge in [0.05, 0.1) is 0 Å². The van der Waals surface area contributed by atoms with Gasteiger partial charge in [-0.05, 0) is 18.8 Å². The predicted octanol–water partition coefficient (Wildman–Crippen LogP) is 0.525. The number of nitrogens with two attached hydrogens (primary N) is 1. The average molecular weight is 230 g/mol. The Morgan fingerprint density at radius 2 is 2.24 bits per heavy atom. The van der Waals surface area contributed by atoms with Crippen molar-refractivity contribution in [3.05, 3.63) is 12.2 Å². The fourth-order valence-electron chi connectivity index (χ4n) is 1.13. The van der Waals surface area contributed by atoms with Gasteiger partial charge in [0.15, 0.2) is 0 Å². The maximum Gasteiger partial charge on any atom is 0.269 e. The molecule has 0 radical (unpaired) electrons. The summed E-state index contributed by atoms with van der Waals surface area (Å²) >= 11 is 0. The molecule has 0 aromatic carbocycles. The van der Waals surface area contributed by atoms with Crippen molar-refractivity contribution in [2.75, 3.05) is 6.54 Å². The van der Waals surface area contributed by atoms with E-state index in [9.17, 15) is 0 Å². The summed E-state index contributed by atoms with van der Waals surface area (Å²) in [6, 6.07) is 1.60. The van der Waals surface area contributed by atoms with Crippen molar-refractivity contribution in [3.63, 3.8) is 0 Å². The van der Waals surface area contributed by atoms with Crippen molar-refractivity contribution in [2.24, 2.45) is 10.8 Å². The summed E-state index contributed by atoms with van der Waals surface area (Å²) in [4.78, 5) is 3.55. The fraction of sp³-hybridized carbons (Fsp3) is 0.400. The molecule has 0 aliphatic carbocycles. The first kappa shape index (κ1) is 15.0. The standard InChI is InChI=1S/C10H15BN6/c12-8-10(14)16-6-3-1-2-4-11(9-13)5-7-17-15/h1,3,6,14,17H,2,4-5,7,15H2/b3-1+,14-10?,16-6?. The van der Waals surface area contributed by atoms with E-state index in [2.05, 4.69) is 16.4 Å². The molecule has 0 bridgehead atoms. The number of nitrogens with one attached hydrogen (secondary N) is 2. The molecule has 6 nitrogen and oxygen atoms in total. The SMILES string of the molecule is N#CB(CC/C=C/C=NC(=N)C#N)CCNN. The van der Waals surface area contributed by atoms with Crippen LogP contribution in [0.2, 0.25) is 12.6 Å². The molecule has 0 atom stereocenters. The molecule has 0 fully saturated rings. The molecule has 0 spiro atoms. The smallest absolute Gasteiger partial charge is 0.269 e. The Morgan fingerprint density at radius 3 is 2.82 bits per heavy atom. The minimum Gasteiger partial charge on any atom is -0.273 e. The molecule has 0 aromatic heterocycles. The Morgan fingerprint density at radius 1 is 1.47 bits per heavy atom. The maximum absolute atomic E-state index is 8.83. The van der Waals surface area contributed by atoms with Gasteiger partial charge in [0, 0.05) is 18.7 Å². The van der Waals surface area contributed by atoms with Gasteiger partial charge in [-0.15, -0.1) is 0 Å². The van der Waals surface area contributed by atoms with Crippen molar-refractivity contribution in [1.82, 2.24) is 5.43 Å². The van der Waals surface area contributed by atoms with Crippen LogP contribution in [0.1, 0.15) is 6.42 Å². The highest BCUT2D eigenvalue weighted by molar-refractivity contribution is 6.66. The fourth-order valence-corrected chi connectivity index (χ4v) is 1.13. The Labute approximate surface area is 101 Å². The van der Waals surface area contributed by atoms with Crippen LogP contribution in [0.4, 0.5) is 0 Å². The van der Waals surface area contributed by atoms with E-state index < -0.39 is 0 Å². The molecule has 0 rings (SSSR count). The van der Waals surface area contributed by atoms with Crippen LogP contribution in [0, 0.1) is 28.0 Å². The number of rotatable bonds is 7. The minimum absolute atomic E-state index is 0.00922. The van der Waals surface area contributed by atoms with E-state index >= 15 is 0 Å². The third kappa shape index (κ3) is 9.00. The van der Waals surface area contributed by atoms with Crippen LogP contribution in [-0.4, -0.2) is 25.3 Å². The summed E-state index contributed by atoms with van der Waals surface area (Å²) in [5.74, 6) is 7.02. The monoisotopic (exact) mass is 230 g/mol. The van der Waals surface area contributed by atoms with Crippen LogP contribution < -0.4 is 11.3 Å². The molecule has 0 saturated carbocycles. The lowest BCUT2D eigenvalue weighted by atomic mass is 9.46. The van der Waals surface area contributed by atoms with Crippen LogP contribution >= 0.6 is 0 Å². The Hall–Kier alpha value is -1.96. The first-order valence-electron chi connectivity index (χ1n) is 5.25. The third-order valence-corrected chi connectivity index (χ3v) is 2.03. The van der Waals surface area contributed by atoms with Gasteiger partial charge in [-0.25, -0.2) is 10.3 Å². The Balaban J connectivity index is 3.79. The summed E-state index contributed by atoms with van der Waals surface area (Å²) in [6.45, 7) is 0.618. The second-order valence-electron chi connectivity index (χ2n) is 3.31. The number of nitrogens with zero attached hydrogens (tertiary/aromatic N) is 3. The number of hydrazine groups is 1. The summed E-state index contributed by atoms with van der Waals surface area (Å²) in [5, 5.41) is 24.0. The van der Waals surface area contributed by atoms with Gasteiger partial charge in [-0.3, -0.25) is 16.7 Å². The zero-order valence-corrected chi connectivity index (χ0v) is 9.56. The lowest BCUT2D eigenvalue weighted by Gasteiger charge is -2.01. The molecule has 0 heterocycles. The van der Waals surface area contributed by atoms with Crippen molar-refractivity contribution in [2.45, 2.75) is 19.1 Å². The molecular formula is C10H15BN6.